The van der Waals surface area contributed by atoms with Crippen molar-refractivity contribution in [2.24, 2.45) is 5.92 Å². The Labute approximate surface area is 115 Å². The number of aliphatic hydroxyl groups is 1. The standard InChI is InChI=1S/C13H17BrN2O2/c1-13(8-17,9-2-3-9)16-12(18)15-11-6-4-10(14)5-7-11/h4-7,9,17H,2-3,8H2,1H3,(H2,15,16,18). The molecule has 3 N–H and O–H groups in total. The average molecular weight is 313 g/mol. The maximum atomic E-state index is 11.9. The lowest BCUT2D eigenvalue weighted by Crippen LogP contribution is -2.52. The summed E-state index contributed by atoms with van der Waals surface area (Å²) < 4.78 is 0.964. The zero-order valence-electron chi connectivity index (χ0n) is 10.2. The van der Waals surface area contributed by atoms with Gasteiger partial charge in [-0.15, -0.1) is 0 Å². The van der Waals surface area contributed by atoms with Gasteiger partial charge in [-0.3, -0.25) is 0 Å². The van der Waals surface area contributed by atoms with Crippen LogP contribution in [0.4, 0.5) is 10.5 Å². The van der Waals surface area contributed by atoms with E-state index in [0.29, 0.717) is 5.92 Å². The summed E-state index contributed by atoms with van der Waals surface area (Å²) in [7, 11) is 0. The van der Waals surface area contributed by atoms with Gasteiger partial charge in [-0.05, 0) is 49.9 Å². The Kier molecular flexibility index (Phi) is 3.92. The van der Waals surface area contributed by atoms with E-state index in [2.05, 4.69) is 26.6 Å². The van der Waals surface area contributed by atoms with Crippen LogP contribution in [-0.2, 0) is 0 Å². The first-order valence-electron chi connectivity index (χ1n) is 5.99. The molecule has 1 aliphatic carbocycles. The molecular formula is C13H17BrN2O2. The van der Waals surface area contributed by atoms with Crippen molar-refractivity contribution in [3.8, 4) is 0 Å². The van der Waals surface area contributed by atoms with E-state index in [0.717, 1.165) is 23.0 Å². The lowest BCUT2D eigenvalue weighted by Gasteiger charge is -2.28. The molecule has 1 saturated carbocycles. The summed E-state index contributed by atoms with van der Waals surface area (Å²) in [6, 6.07) is 7.08. The zero-order chi connectivity index (χ0) is 13.2. The average Bonchev–Trinajstić information content (AvgIpc) is 3.16. The quantitative estimate of drug-likeness (QED) is 0.800. The van der Waals surface area contributed by atoms with Crippen molar-refractivity contribution in [1.29, 1.82) is 0 Å². The lowest BCUT2D eigenvalue weighted by atomic mass is 9.97. The van der Waals surface area contributed by atoms with Gasteiger partial charge >= 0.3 is 6.03 Å². The summed E-state index contributed by atoms with van der Waals surface area (Å²) in [5, 5.41) is 15.0. The fourth-order valence-corrected chi connectivity index (χ4v) is 2.21. The first-order valence-corrected chi connectivity index (χ1v) is 6.78. The Morgan fingerprint density at radius 2 is 2.06 bits per heavy atom. The summed E-state index contributed by atoms with van der Waals surface area (Å²) >= 11 is 3.34. The smallest absolute Gasteiger partial charge is 0.319 e. The predicted octanol–water partition coefficient (Wildman–Crippen LogP) is 2.73. The molecule has 0 heterocycles. The number of aliphatic hydroxyl groups excluding tert-OH is 1. The minimum atomic E-state index is -0.514. The van der Waals surface area contributed by atoms with Gasteiger partial charge in [0, 0.05) is 10.2 Å². The summed E-state index contributed by atoms with van der Waals surface area (Å²) in [6.45, 7) is 1.84. The van der Waals surface area contributed by atoms with E-state index in [1.165, 1.54) is 0 Å². The van der Waals surface area contributed by atoms with Crippen LogP contribution in [0.2, 0.25) is 0 Å². The fourth-order valence-electron chi connectivity index (χ4n) is 1.95. The number of carbonyl (C=O) groups excluding carboxylic acids is 1. The molecular weight excluding hydrogens is 296 g/mol. The highest BCUT2D eigenvalue weighted by molar-refractivity contribution is 9.10. The molecule has 1 aromatic rings. The van der Waals surface area contributed by atoms with E-state index >= 15 is 0 Å². The number of anilines is 1. The molecule has 2 amide bonds. The molecule has 1 aromatic carbocycles. The third-order valence-corrected chi connectivity index (χ3v) is 3.84. The normalized spacial score (nSPS) is 17.9. The number of benzene rings is 1. The topological polar surface area (TPSA) is 61.4 Å². The summed E-state index contributed by atoms with van der Waals surface area (Å²) in [4.78, 5) is 11.9. The molecule has 1 atom stereocenters. The summed E-state index contributed by atoms with van der Waals surface area (Å²) in [6.07, 6.45) is 2.13. The maximum absolute atomic E-state index is 11.9. The van der Waals surface area contributed by atoms with Crippen molar-refractivity contribution in [1.82, 2.24) is 5.32 Å². The molecule has 1 fully saturated rings. The van der Waals surface area contributed by atoms with Crippen LogP contribution in [0.15, 0.2) is 28.7 Å². The first kappa shape index (κ1) is 13.4. The van der Waals surface area contributed by atoms with Crippen LogP contribution in [0.5, 0.6) is 0 Å². The highest BCUT2D eigenvalue weighted by Gasteiger charge is 2.42. The van der Waals surface area contributed by atoms with Crippen LogP contribution in [-0.4, -0.2) is 23.3 Å². The second-order valence-electron chi connectivity index (χ2n) is 4.94. The molecule has 98 valence electrons. The largest absolute Gasteiger partial charge is 0.394 e. The van der Waals surface area contributed by atoms with Gasteiger partial charge in [-0.2, -0.15) is 0 Å². The highest BCUT2D eigenvalue weighted by Crippen LogP contribution is 2.39. The molecule has 4 nitrogen and oxygen atoms in total. The monoisotopic (exact) mass is 312 g/mol. The predicted molar refractivity (Wildman–Crippen MR) is 74.5 cm³/mol. The Morgan fingerprint density at radius 3 is 2.56 bits per heavy atom. The molecule has 5 heteroatoms. The SMILES string of the molecule is CC(CO)(NC(=O)Nc1ccc(Br)cc1)C1CC1. The van der Waals surface area contributed by atoms with E-state index in [-0.39, 0.29) is 12.6 Å². The Morgan fingerprint density at radius 1 is 1.44 bits per heavy atom. The number of urea groups is 1. The van der Waals surface area contributed by atoms with E-state index < -0.39 is 5.54 Å². The van der Waals surface area contributed by atoms with Crippen LogP contribution in [0, 0.1) is 5.92 Å². The van der Waals surface area contributed by atoms with Crippen molar-refractivity contribution in [3.05, 3.63) is 28.7 Å². The van der Waals surface area contributed by atoms with Crippen molar-refractivity contribution in [3.63, 3.8) is 0 Å². The zero-order valence-corrected chi connectivity index (χ0v) is 11.8. The van der Waals surface area contributed by atoms with E-state index in [1.807, 2.05) is 31.2 Å². The minimum absolute atomic E-state index is 0.0363. The number of nitrogens with one attached hydrogen (secondary N) is 2. The van der Waals surface area contributed by atoms with Crippen LogP contribution in [0.3, 0.4) is 0 Å². The maximum Gasteiger partial charge on any atom is 0.319 e. The summed E-state index contributed by atoms with van der Waals surface area (Å²) in [5.74, 6) is 0.387. The molecule has 18 heavy (non-hydrogen) atoms. The minimum Gasteiger partial charge on any atom is -0.394 e. The molecule has 0 aliphatic heterocycles. The number of hydrogen-bond donors (Lipinski definition) is 3. The number of amides is 2. The van der Waals surface area contributed by atoms with Gasteiger partial charge in [0.25, 0.3) is 0 Å². The molecule has 0 spiro atoms. The molecule has 2 rings (SSSR count). The Bertz CT molecular complexity index is 431. The van der Waals surface area contributed by atoms with Crippen molar-refractivity contribution < 1.29 is 9.90 Å². The van der Waals surface area contributed by atoms with Crippen LogP contribution in [0.1, 0.15) is 19.8 Å². The van der Waals surface area contributed by atoms with Crippen LogP contribution in [0.25, 0.3) is 0 Å². The van der Waals surface area contributed by atoms with Gasteiger partial charge < -0.3 is 15.7 Å². The summed E-state index contributed by atoms with van der Waals surface area (Å²) in [5.41, 5.74) is 0.214. The van der Waals surface area contributed by atoms with Gasteiger partial charge in [-0.25, -0.2) is 4.79 Å². The van der Waals surface area contributed by atoms with Crippen LogP contribution >= 0.6 is 15.9 Å². The lowest BCUT2D eigenvalue weighted by molar-refractivity contribution is 0.159. The van der Waals surface area contributed by atoms with Crippen LogP contribution < -0.4 is 10.6 Å². The molecule has 0 bridgehead atoms. The number of carbonyl (C=O) groups is 1. The number of halogens is 1. The van der Waals surface area contributed by atoms with Gasteiger partial charge in [0.05, 0.1) is 12.1 Å². The third kappa shape index (κ3) is 3.23. The molecule has 1 unspecified atom stereocenters. The molecule has 0 saturated heterocycles. The molecule has 1 aliphatic rings. The first-order chi connectivity index (χ1) is 8.53. The molecule has 0 aromatic heterocycles. The van der Waals surface area contributed by atoms with Gasteiger partial charge in [0.2, 0.25) is 0 Å². The number of hydrogen-bond acceptors (Lipinski definition) is 2. The Balaban J connectivity index is 1.93. The van der Waals surface area contributed by atoms with E-state index in [1.54, 1.807) is 0 Å². The molecule has 0 radical (unpaired) electrons. The third-order valence-electron chi connectivity index (χ3n) is 3.31. The van der Waals surface area contributed by atoms with E-state index in [4.69, 9.17) is 0 Å². The van der Waals surface area contributed by atoms with Gasteiger partial charge in [-0.1, -0.05) is 15.9 Å². The van der Waals surface area contributed by atoms with Crippen molar-refractivity contribution >= 4 is 27.6 Å². The highest BCUT2D eigenvalue weighted by atomic mass is 79.9. The van der Waals surface area contributed by atoms with Gasteiger partial charge in [0.15, 0.2) is 0 Å². The fraction of sp³-hybridized carbons (Fsp3) is 0.462. The van der Waals surface area contributed by atoms with Gasteiger partial charge in [0.1, 0.15) is 0 Å². The second kappa shape index (κ2) is 5.28. The van der Waals surface area contributed by atoms with Crippen molar-refractivity contribution in [2.75, 3.05) is 11.9 Å². The van der Waals surface area contributed by atoms with E-state index in [9.17, 15) is 9.90 Å². The Hall–Kier alpha value is -1.07. The number of rotatable bonds is 4. The second-order valence-corrected chi connectivity index (χ2v) is 5.85. The van der Waals surface area contributed by atoms with Crippen molar-refractivity contribution in [2.45, 2.75) is 25.3 Å².